The van der Waals surface area contributed by atoms with E-state index in [1.54, 1.807) is 0 Å². The maximum absolute atomic E-state index is 12.1. The van der Waals surface area contributed by atoms with E-state index in [1.165, 1.54) is 11.6 Å². The predicted molar refractivity (Wildman–Crippen MR) is 77.3 cm³/mol. The second-order valence-electron chi connectivity index (χ2n) is 4.62. The van der Waals surface area contributed by atoms with Gasteiger partial charge in [-0.15, -0.1) is 0 Å². The van der Waals surface area contributed by atoms with Gasteiger partial charge in [0.15, 0.2) is 0 Å². The highest BCUT2D eigenvalue weighted by molar-refractivity contribution is 5.75. The minimum atomic E-state index is -0.960. The molecule has 1 aromatic heterocycles. The lowest BCUT2D eigenvalue weighted by Crippen LogP contribution is -2.32. The lowest BCUT2D eigenvalue weighted by atomic mass is 10.0. The molecule has 0 aromatic carbocycles. The molecule has 1 amide bonds. The summed E-state index contributed by atoms with van der Waals surface area (Å²) < 4.78 is 1.41. The molecule has 0 fully saturated rings. The molecule has 0 saturated heterocycles. The fourth-order valence-electron chi connectivity index (χ4n) is 2.31. The van der Waals surface area contributed by atoms with Crippen molar-refractivity contribution in [2.45, 2.75) is 46.1 Å². The molecule has 7 nitrogen and oxygen atoms in total. The van der Waals surface area contributed by atoms with Crippen LogP contribution in [0, 0.1) is 0 Å². The van der Waals surface area contributed by atoms with Crippen molar-refractivity contribution in [2.75, 3.05) is 7.05 Å². The number of aryl methyl sites for hydroxylation is 1. The Morgan fingerprint density at radius 3 is 2.43 bits per heavy atom. The second-order valence-corrected chi connectivity index (χ2v) is 4.62. The lowest BCUT2D eigenvalue weighted by Gasteiger charge is -2.17. The molecule has 21 heavy (non-hydrogen) atoms. The van der Waals surface area contributed by atoms with E-state index in [-0.39, 0.29) is 25.3 Å². The number of carbonyl (C=O) groups is 2. The van der Waals surface area contributed by atoms with E-state index in [2.05, 4.69) is 10.3 Å². The number of amides is 1. The van der Waals surface area contributed by atoms with Crippen LogP contribution in [0.25, 0.3) is 0 Å². The lowest BCUT2D eigenvalue weighted by molar-refractivity contribution is -0.136. The van der Waals surface area contributed by atoms with Gasteiger partial charge >= 0.3 is 11.7 Å². The monoisotopic (exact) mass is 295 g/mol. The Morgan fingerprint density at radius 1 is 1.29 bits per heavy atom. The van der Waals surface area contributed by atoms with Gasteiger partial charge in [0.05, 0.1) is 12.1 Å². The van der Waals surface area contributed by atoms with Gasteiger partial charge in [-0.05, 0) is 12.8 Å². The molecule has 1 rings (SSSR count). The van der Waals surface area contributed by atoms with E-state index in [0.29, 0.717) is 29.8 Å². The number of nitrogens with one attached hydrogen (secondary N) is 1. The van der Waals surface area contributed by atoms with Crippen LogP contribution in [0.3, 0.4) is 0 Å². The van der Waals surface area contributed by atoms with E-state index in [4.69, 9.17) is 5.11 Å². The molecule has 0 aliphatic rings. The number of hydrogen-bond acceptors (Lipinski definition) is 4. The summed E-state index contributed by atoms with van der Waals surface area (Å²) in [6.07, 6.45) is 1.00. The summed E-state index contributed by atoms with van der Waals surface area (Å²) in [5.41, 5.74) is 1.33. The number of hydrogen-bond donors (Lipinski definition) is 2. The summed E-state index contributed by atoms with van der Waals surface area (Å²) in [5.74, 6) is -1.14. The van der Waals surface area contributed by atoms with E-state index in [9.17, 15) is 14.4 Å². The Bertz CT molecular complexity index is 593. The van der Waals surface area contributed by atoms with Crippen molar-refractivity contribution in [3.8, 4) is 0 Å². The van der Waals surface area contributed by atoms with Crippen molar-refractivity contribution < 1.29 is 14.7 Å². The van der Waals surface area contributed by atoms with Gasteiger partial charge in [0, 0.05) is 31.3 Å². The van der Waals surface area contributed by atoms with E-state index < -0.39 is 11.7 Å². The number of aromatic nitrogens is 2. The highest BCUT2D eigenvalue weighted by Gasteiger charge is 2.17. The Labute approximate surface area is 123 Å². The quantitative estimate of drug-likeness (QED) is 0.744. The average Bonchev–Trinajstić information content (AvgIpc) is 2.45. The van der Waals surface area contributed by atoms with E-state index >= 15 is 0 Å². The molecule has 0 radical (unpaired) electrons. The predicted octanol–water partition coefficient (Wildman–Crippen LogP) is 0.131. The normalized spacial score (nSPS) is 10.4. The summed E-state index contributed by atoms with van der Waals surface area (Å²) in [7, 11) is 1.53. The van der Waals surface area contributed by atoms with Gasteiger partial charge in [-0.1, -0.05) is 13.8 Å². The molecule has 116 valence electrons. The van der Waals surface area contributed by atoms with Crippen molar-refractivity contribution in [3.63, 3.8) is 0 Å². The van der Waals surface area contributed by atoms with Gasteiger partial charge in [0.1, 0.15) is 0 Å². The Hall–Kier alpha value is -2.18. The maximum Gasteiger partial charge on any atom is 0.348 e. The van der Waals surface area contributed by atoms with Crippen LogP contribution in [-0.4, -0.2) is 33.6 Å². The smallest absolute Gasteiger partial charge is 0.348 e. The summed E-state index contributed by atoms with van der Waals surface area (Å²) >= 11 is 0. The molecule has 2 N–H and O–H groups in total. The van der Waals surface area contributed by atoms with Crippen molar-refractivity contribution >= 4 is 11.9 Å². The third-order valence-corrected chi connectivity index (χ3v) is 3.32. The Kier molecular flexibility index (Phi) is 6.08. The third-order valence-electron chi connectivity index (χ3n) is 3.32. The topological polar surface area (TPSA) is 101 Å². The van der Waals surface area contributed by atoms with Gasteiger partial charge < -0.3 is 10.4 Å². The van der Waals surface area contributed by atoms with Gasteiger partial charge in [0.2, 0.25) is 5.91 Å². The molecule has 0 atom stereocenters. The van der Waals surface area contributed by atoms with Crippen LogP contribution in [0.4, 0.5) is 0 Å². The van der Waals surface area contributed by atoms with Crippen LogP contribution < -0.4 is 11.0 Å². The van der Waals surface area contributed by atoms with Crippen LogP contribution in [0.15, 0.2) is 4.79 Å². The zero-order valence-corrected chi connectivity index (χ0v) is 12.6. The summed E-state index contributed by atoms with van der Waals surface area (Å²) in [5, 5.41) is 11.5. The van der Waals surface area contributed by atoms with Crippen LogP contribution in [0.5, 0.6) is 0 Å². The maximum atomic E-state index is 12.1. The van der Waals surface area contributed by atoms with Crippen molar-refractivity contribution in [1.29, 1.82) is 0 Å². The fraction of sp³-hybridized carbons (Fsp3) is 0.571. The molecule has 1 heterocycles. The molecule has 1 aromatic rings. The molecule has 7 heteroatoms. The molecule has 0 spiro atoms. The van der Waals surface area contributed by atoms with Crippen molar-refractivity contribution in [3.05, 3.63) is 27.4 Å². The molecule has 0 unspecified atom stereocenters. The first kappa shape index (κ1) is 16.9. The molecule has 0 aliphatic heterocycles. The first-order chi connectivity index (χ1) is 9.94. The molecular formula is C14H21N3O4. The summed E-state index contributed by atoms with van der Waals surface area (Å²) in [6, 6.07) is 0. The minimum Gasteiger partial charge on any atom is -0.481 e. The highest BCUT2D eigenvalue weighted by Crippen LogP contribution is 2.14. The zero-order valence-electron chi connectivity index (χ0n) is 12.6. The Balaban J connectivity index is 3.32. The Morgan fingerprint density at radius 2 is 1.95 bits per heavy atom. The largest absolute Gasteiger partial charge is 0.481 e. The average molecular weight is 295 g/mol. The van der Waals surface area contributed by atoms with E-state index in [0.717, 1.165) is 0 Å². The molecule has 0 saturated carbocycles. The van der Waals surface area contributed by atoms with Crippen LogP contribution in [-0.2, 0) is 35.4 Å². The first-order valence-electron chi connectivity index (χ1n) is 6.98. The minimum absolute atomic E-state index is 0.156. The van der Waals surface area contributed by atoms with Crippen molar-refractivity contribution in [1.82, 2.24) is 14.9 Å². The fourth-order valence-corrected chi connectivity index (χ4v) is 2.31. The highest BCUT2D eigenvalue weighted by atomic mass is 16.4. The summed E-state index contributed by atoms with van der Waals surface area (Å²) in [6.45, 7) is 3.89. The number of carbonyl (C=O) groups excluding carboxylic acids is 1. The number of carboxylic acid groups (broad SMARTS) is 1. The van der Waals surface area contributed by atoms with Crippen LogP contribution in [0.1, 0.15) is 37.2 Å². The second kappa shape index (κ2) is 7.56. The van der Waals surface area contributed by atoms with Gasteiger partial charge in [-0.3, -0.25) is 14.2 Å². The number of nitrogens with zero attached hydrogens (tertiary/aromatic N) is 2. The van der Waals surface area contributed by atoms with Gasteiger partial charge in [-0.25, -0.2) is 4.79 Å². The summed E-state index contributed by atoms with van der Waals surface area (Å²) in [4.78, 5) is 38.4. The molecule has 0 bridgehead atoms. The number of rotatable bonds is 7. The first-order valence-corrected chi connectivity index (χ1v) is 6.98. The molecular weight excluding hydrogens is 274 g/mol. The number of carboxylic acids is 1. The van der Waals surface area contributed by atoms with Gasteiger partial charge in [-0.2, -0.15) is 4.98 Å². The standard InChI is InChI=1S/C14H21N3O4/c1-4-10-9(8-13(19)20)11(5-2)17(14(21)16-10)7-6-12(18)15-3/h4-8H2,1-3H3,(H,15,18)(H,19,20). The van der Waals surface area contributed by atoms with Crippen LogP contribution in [0.2, 0.25) is 0 Å². The third kappa shape index (κ3) is 4.14. The SMILES string of the molecule is CCc1nc(=O)n(CCC(=O)NC)c(CC)c1CC(=O)O. The van der Waals surface area contributed by atoms with Gasteiger partial charge in [0.25, 0.3) is 0 Å². The van der Waals surface area contributed by atoms with E-state index in [1.807, 2.05) is 13.8 Å². The molecule has 0 aliphatic carbocycles. The number of aliphatic carboxylic acids is 1. The zero-order chi connectivity index (χ0) is 16.0. The van der Waals surface area contributed by atoms with Crippen molar-refractivity contribution in [2.24, 2.45) is 0 Å². The van der Waals surface area contributed by atoms with Crippen LogP contribution >= 0.6 is 0 Å².